The largest absolute Gasteiger partial charge is 0.320 e. The molecular weight excluding hydrogens is 122 g/mol. The molecule has 0 unspecified atom stereocenters. The van der Waals surface area contributed by atoms with Gasteiger partial charge in [-0.25, -0.2) is 0 Å². The zero-order valence-electron chi connectivity index (χ0n) is 8.20. The van der Waals surface area contributed by atoms with E-state index in [9.17, 15) is 0 Å². The normalized spacial score (nSPS) is 9.00. The van der Waals surface area contributed by atoms with Gasteiger partial charge in [-0.05, 0) is 32.4 Å². The molecule has 10 heavy (non-hydrogen) atoms. The van der Waals surface area contributed by atoms with Crippen molar-refractivity contribution in [3.05, 3.63) is 0 Å². The molecule has 0 rings (SSSR count). The van der Waals surface area contributed by atoms with E-state index in [-0.39, 0.29) is 0 Å². The van der Waals surface area contributed by atoms with Crippen molar-refractivity contribution in [1.29, 1.82) is 0 Å². The van der Waals surface area contributed by atoms with Crippen molar-refractivity contribution in [3.63, 3.8) is 0 Å². The first-order valence-electron chi connectivity index (χ1n) is 4.42. The van der Waals surface area contributed by atoms with Crippen molar-refractivity contribution in [1.82, 2.24) is 5.32 Å². The average Bonchev–Trinajstić information content (AvgIpc) is 1.92. The summed E-state index contributed by atoms with van der Waals surface area (Å²) in [6, 6.07) is 0. The molecule has 0 heterocycles. The molecule has 0 saturated carbocycles. The van der Waals surface area contributed by atoms with Crippen molar-refractivity contribution in [2.45, 2.75) is 40.5 Å². The van der Waals surface area contributed by atoms with Crippen molar-refractivity contribution < 1.29 is 0 Å². The topological polar surface area (TPSA) is 12.0 Å². The lowest BCUT2D eigenvalue weighted by molar-refractivity contribution is 0.543. The maximum atomic E-state index is 3.12. The second-order valence-corrected chi connectivity index (χ2v) is 2.64. The highest BCUT2D eigenvalue weighted by atomic mass is 14.8. The third-order valence-corrected chi connectivity index (χ3v) is 1.21. The van der Waals surface area contributed by atoms with E-state index < -0.39 is 0 Å². The first kappa shape index (κ1) is 12.6. The van der Waals surface area contributed by atoms with Gasteiger partial charge < -0.3 is 5.32 Å². The van der Waals surface area contributed by atoms with Gasteiger partial charge in [-0.1, -0.05) is 27.7 Å². The van der Waals surface area contributed by atoms with E-state index in [2.05, 4.69) is 19.2 Å². The maximum absolute atomic E-state index is 3.12. The molecule has 0 bridgehead atoms. The lowest BCUT2D eigenvalue weighted by atomic mass is 10.1. The minimum atomic E-state index is 0.864. The summed E-state index contributed by atoms with van der Waals surface area (Å²) in [6.07, 6.45) is 2.66. The second-order valence-electron chi connectivity index (χ2n) is 2.64. The van der Waals surface area contributed by atoms with E-state index in [0.29, 0.717) is 0 Å². The number of nitrogens with one attached hydrogen (secondary N) is 1. The first-order valence-corrected chi connectivity index (χ1v) is 4.42. The van der Waals surface area contributed by atoms with Crippen LogP contribution in [0, 0.1) is 5.92 Å². The summed E-state index contributed by atoms with van der Waals surface area (Å²) in [7, 11) is 2.00. The molecule has 0 radical (unpaired) electrons. The van der Waals surface area contributed by atoms with E-state index in [4.69, 9.17) is 0 Å². The Morgan fingerprint density at radius 1 is 1.20 bits per heavy atom. The fourth-order valence-electron chi connectivity index (χ4n) is 0.687. The molecule has 0 aliphatic carbocycles. The zero-order chi connectivity index (χ0) is 8.41. The maximum Gasteiger partial charge on any atom is -0.00518 e. The molecular formula is C9H23N. The van der Waals surface area contributed by atoms with Crippen LogP contribution in [0.15, 0.2) is 0 Å². The number of hydrogen-bond donors (Lipinski definition) is 1. The van der Waals surface area contributed by atoms with Crippen LogP contribution in [0.4, 0.5) is 0 Å². The standard InChI is InChI=1S/C7H17N.C2H6/c1-7(2)5-4-6-8-3;1-2/h7-8H,4-6H2,1-3H3;1-2H3. The molecule has 0 amide bonds. The smallest absolute Gasteiger partial charge is 0.00518 e. The predicted octanol–water partition coefficient (Wildman–Crippen LogP) is 2.67. The second kappa shape index (κ2) is 11.7. The quantitative estimate of drug-likeness (QED) is 0.600. The Kier molecular flexibility index (Phi) is 14.8. The van der Waals surface area contributed by atoms with Gasteiger partial charge in [0, 0.05) is 0 Å². The van der Waals surface area contributed by atoms with Crippen molar-refractivity contribution >= 4 is 0 Å². The van der Waals surface area contributed by atoms with Crippen LogP contribution >= 0.6 is 0 Å². The molecule has 0 atom stereocenters. The van der Waals surface area contributed by atoms with Gasteiger partial charge in [0.15, 0.2) is 0 Å². The molecule has 0 aromatic rings. The third-order valence-electron chi connectivity index (χ3n) is 1.21. The minimum Gasteiger partial charge on any atom is -0.320 e. The minimum absolute atomic E-state index is 0.864. The molecule has 1 nitrogen and oxygen atoms in total. The van der Waals surface area contributed by atoms with Gasteiger partial charge >= 0.3 is 0 Å². The molecule has 64 valence electrons. The molecule has 0 aliphatic heterocycles. The fourth-order valence-corrected chi connectivity index (χ4v) is 0.687. The lowest BCUT2D eigenvalue weighted by Crippen LogP contribution is -2.08. The van der Waals surface area contributed by atoms with Gasteiger partial charge in [-0.2, -0.15) is 0 Å². The van der Waals surface area contributed by atoms with E-state index in [1.165, 1.54) is 12.8 Å². The molecule has 0 aliphatic rings. The van der Waals surface area contributed by atoms with E-state index in [0.717, 1.165) is 12.5 Å². The average molecular weight is 145 g/mol. The van der Waals surface area contributed by atoms with Crippen LogP contribution in [0.5, 0.6) is 0 Å². The summed E-state index contributed by atoms with van der Waals surface area (Å²) >= 11 is 0. The van der Waals surface area contributed by atoms with Gasteiger partial charge in [-0.15, -0.1) is 0 Å². The lowest BCUT2D eigenvalue weighted by Gasteiger charge is -2.01. The van der Waals surface area contributed by atoms with E-state index in [1.54, 1.807) is 0 Å². The summed E-state index contributed by atoms with van der Waals surface area (Å²) in [5.41, 5.74) is 0. The highest BCUT2D eigenvalue weighted by Gasteiger charge is 1.90. The van der Waals surface area contributed by atoms with Gasteiger partial charge in [0.1, 0.15) is 0 Å². The summed E-state index contributed by atoms with van der Waals surface area (Å²) in [5, 5.41) is 3.12. The molecule has 1 N–H and O–H groups in total. The summed E-state index contributed by atoms with van der Waals surface area (Å²) in [5.74, 6) is 0.864. The Balaban J connectivity index is 0. The van der Waals surface area contributed by atoms with Gasteiger partial charge in [0.2, 0.25) is 0 Å². The number of rotatable bonds is 4. The van der Waals surface area contributed by atoms with Crippen molar-refractivity contribution in [2.75, 3.05) is 13.6 Å². The Bertz CT molecular complexity index is 42.0. The number of hydrogen-bond acceptors (Lipinski definition) is 1. The summed E-state index contributed by atoms with van der Waals surface area (Å²) in [4.78, 5) is 0. The van der Waals surface area contributed by atoms with Crippen LogP contribution in [-0.4, -0.2) is 13.6 Å². The summed E-state index contributed by atoms with van der Waals surface area (Å²) in [6.45, 7) is 9.68. The Morgan fingerprint density at radius 2 is 1.70 bits per heavy atom. The van der Waals surface area contributed by atoms with Crippen LogP contribution in [0.3, 0.4) is 0 Å². The molecule has 1 heteroatoms. The van der Waals surface area contributed by atoms with Gasteiger partial charge in [-0.3, -0.25) is 0 Å². The monoisotopic (exact) mass is 145 g/mol. The first-order chi connectivity index (χ1) is 4.77. The van der Waals surface area contributed by atoms with Crippen LogP contribution in [0.2, 0.25) is 0 Å². The van der Waals surface area contributed by atoms with Crippen LogP contribution in [0.25, 0.3) is 0 Å². The molecule has 0 saturated heterocycles. The van der Waals surface area contributed by atoms with Gasteiger partial charge in [0.05, 0.1) is 0 Å². The Labute approximate surface area is 66.2 Å². The van der Waals surface area contributed by atoms with Crippen molar-refractivity contribution in [3.8, 4) is 0 Å². The summed E-state index contributed by atoms with van der Waals surface area (Å²) < 4.78 is 0. The third kappa shape index (κ3) is 15.7. The predicted molar refractivity (Wildman–Crippen MR) is 49.3 cm³/mol. The molecule has 0 spiro atoms. The zero-order valence-corrected chi connectivity index (χ0v) is 8.20. The van der Waals surface area contributed by atoms with Crippen LogP contribution < -0.4 is 5.32 Å². The van der Waals surface area contributed by atoms with Crippen LogP contribution in [0.1, 0.15) is 40.5 Å². The fraction of sp³-hybridized carbons (Fsp3) is 1.00. The SMILES string of the molecule is CC.CNCCCC(C)C. The molecule has 0 fully saturated rings. The highest BCUT2D eigenvalue weighted by molar-refractivity contribution is 4.46. The van der Waals surface area contributed by atoms with Crippen LogP contribution in [-0.2, 0) is 0 Å². The molecule has 0 aromatic heterocycles. The molecule has 0 aromatic carbocycles. The Hall–Kier alpha value is -0.0400. The Morgan fingerprint density at radius 3 is 2.00 bits per heavy atom. The van der Waals surface area contributed by atoms with E-state index >= 15 is 0 Å². The van der Waals surface area contributed by atoms with E-state index in [1.807, 2.05) is 20.9 Å². The highest BCUT2D eigenvalue weighted by Crippen LogP contribution is 2.00. The van der Waals surface area contributed by atoms with Gasteiger partial charge in [0.25, 0.3) is 0 Å². The van der Waals surface area contributed by atoms with Crippen molar-refractivity contribution in [2.24, 2.45) is 5.92 Å².